The molecule has 0 amide bonds. The highest BCUT2D eigenvalue weighted by Gasteiger charge is 2.42. The average molecular weight is 370 g/mol. The molecule has 0 aliphatic heterocycles. The van der Waals surface area contributed by atoms with E-state index in [9.17, 15) is 12.8 Å². The van der Waals surface area contributed by atoms with Crippen molar-refractivity contribution in [2.75, 3.05) is 0 Å². The van der Waals surface area contributed by atoms with Gasteiger partial charge in [-0.2, -0.15) is 0 Å². The van der Waals surface area contributed by atoms with Crippen LogP contribution >= 0.6 is 0 Å². The van der Waals surface area contributed by atoms with E-state index in [-0.39, 0.29) is 10.7 Å². The van der Waals surface area contributed by atoms with Crippen molar-refractivity contribution < 1.29 is 12.8 Å². The third kappa shape index (κ3) is 2.79. The minimum Gasteiger partial charge on any atom is -0.256 e. The lowest BCUT2D eigenvalue weighted by atomic mass is 9.73. The number of aromatic nitrogens is 1. The Kier molecular flexibility index (Phi) is 4.04. The fourth-order valence-electron chi connectivity index (χ4n) is 3.58. The van der Waals surface area contributed by atoms with E-state index in [0.29, 0.717) is 23.7 Å². The smallest absolute Gasteiger partial charge is 0.242 e. The highest BCUT2D eigenvalue weighted by atomic mass is 32.2. The predicted octanol–water partition coefficient (Wildman–Crippen LogP) is 4.04. The number of fused-ring (bicyclic) bond motifs is 1. The molecule has 4 rings (SSSR count). The molecule has 0 atom stereocenters. The molecule has 0 saturated heterocycles. The van der Waals surface area contributed by atoms with Gasteiger partial charge in [-0.15, -0.1) is 0 Å². The van der Waals surface area contributed by atoms with Crippen LogP contribution in [0.25, 0.3) is 10.9 Å². The lowest BCUT2D eigenvalue weighted by molar-refractivity contribution is 0.224. The van der Waals surface area contributed by atoms with Crippen molar-refractivity contribution in [3.63, 3.8) is 0 Å². The van der Waals surface area contributed by atoms with E-state index in [0.717, 1.165) is 17.5 Å². The molecule has 1 aliphatic carbocycles. The third-order valence-electron chi connectivity index (χ3n) is 5.15. The number of hydrogen-bond donors (Lipinski definition) is 1. The molecule has 4 nitrogen and oxygen atoms in total. The number of hydrogen-bond acceptors (Lipinski definition) is 3. The van der Waals surface area contributed by atoms with E-state index in [1.165, 1.54) is 12.1 Å². The second-order valence-corrected chi connectivity index (χ2v) is 8.48. The Balaban J connectivity index is 1.78. The van der Waals surface area contributed by atoms with Crippen LogP contribution < -0.4 is 4.72 Å². The van der Waals surface area contributed by atoms with Gasteiger partial charge in [0.2, 0.25) is 10.0 Å². The maximum Gasteiger partial charge on any atom is 0.242 e. The molecule has 0 radical (unpaired) electrons. The van der Waals surface area contributed by atoms with Gasteiger partial charge in [0.1, 0.15) is 5.82 Å². The SMILES string of the molecule is Cc1ccc(S(=O)(=O)NC2(c3ccc(F)cc3)CCC2)c2cccnc12. The Morgan fingerprint density at radius 1 is 1.08 bits per heavy atom. The predicted molar refractivity (Wildman–Crippen MR) is 98.7 cm³/mol. The summed E-state index contributed by atoms with van der Waals surface area (Å²) in [6.45, 7) is 1.91. The summed E-state index contributed by atoms with van der Waals surface area (Å²) in [6.07, 6.45) is 3.97. The first-order valence-electron chi connectivity index (χ1n) is 8.56. The zero-order chi connectivity index (χ0) is 18.4. The molecule has 0 spiro atoms. The quantitative estimate of drug-likeness (QED) is 0.754. The highest BCUT2D eigenvalue weighted by molar-refractivity contribution is 7.89. The number of benzene rings is 2. The second-order valence-electron chi connectivity index (χ2n) is 6.83. The molecule has 1 N–H and O–H groups in total. The minimum absolute atomic E-state index is 0.222. The molecule has 3 aromatic rings. The number of rotatable bonds is 4. The van der Waals surface area contributed by atoms with E-state index in [2.05, 4.69) is 9.71 Å². The molecular formula is C20H19FN2O2S. The van der Waals surface area contributed by atoms with Crippen LogP contribution in [-0.4, -0.2) is 13.4 Å². The van der Waals surface area contributed by atoms with Crippen LogP contribution in [-0.2, 0) is 15.6 Å². The van der Waals surface area contributed by atoms with Gasteiger partial charge in [0.15, 0.2) is 0 Å². The molecule has 6 heteroatoms. The third-order valence-corrected chi connectivity index (χ3v) is 6.75. The van der Waals surface area contributed by atoms with Crippen molar-refractivity contribution in [2.45, 2.75) is 36.6 Å². The summed E-state index contributed by atoms with van der Waals surface area (Å²) in [5, 5.41) is 0.605. The van der Waals surface area contributed by atoms with E-state index in [4.69, 9.17) is 0 Å². The fourth-order valence-corrected chi connectivity index (χ4v) is 5.23. The van der Waals surface area contributed by atoms with Crippen LogP contribution in [0.15, 0.2) is 59.6 Å². The Morgan fingerprint density at radius 3 is 2.46 bits per heavy atom. The molecule has 0 bridgehead atoms. The van der Waals surface area contributed by atoms with Crippen molar-refractivity contribution in [2.24, 2.45) is 0 Å². The summed E-state index contributed by atoms with van der Waals surface area (Å²) in [4.78, 5) is 4.54. The molecule has 26 heavy (non-hydrogen) atoms. The van der Waals surface area contributed by atoms with Crippen LogP contribution in [0.5, 0.6) is 0 Å². The van der Waals surface area contributed by atoms with E-state index < -0.39 is 15.6 Å². The number of halogens is 1. The maximum absolute atomic E-state index is 13.3. The Bertz CT molecular complexity index is 1070. The summed E-state index contributed by atoms with van der Waals surface area (Å²) in [5.41, 5.74) is 1.73. The molecule has 1 aliphatic rings. The summed E-state index contributed by atoms with van der Waals surface area (Å²) in [6, 6.07) is 13.0. The van der Waals surface area contributed by atoms with Gasteiger partial charge in [0, 0.05) is 11.6 Å². The van der Waals surface area contributed by atoms with E-state index >= 15 is 0 Å². The summed E-state index contributed by atoms with van der Waals surface area (Å²) < 4.78 is 42.5. The minimum atomic E-state index is -3.76. The van der Waals surface area contributed by atoms with Crippen molar-refractivity contribution in [1.82, 2.24) is 9.71 Å². The number of nitrogens with zero attached hydrogens (tertiary/aromatic N) is 1. The number of pyridine rings is 1. The number of aryl methyl sites for hydroxylation is 1. The number of nitrogens with one attached hydrogen (secondary N) is 1. The van der Waals surface area contributed by atoms with Gasteiger partial charge in [-0.05, 0) is 67.6 Å². The first-order valence-corrected chi connectivity index (χ1v) is 10.0. The normalized spacial score (nSPS) is 16.4. The van der Waals surface area contributed by atoms with Crippen molar-refractivity contribution >= 4 is 20.9 Å². The average Bonchev–Trinajstić information content (AvgIpc) is 2.59. The maximum atomic E-state index is 13.3. The first-order chi connectivity index (χ1) is 12.4. The largest absolute Gasteiger partial charge is 0.256 e. The first kappa shape index (κ1) is 17.1. The number of sulfonamides is 1. The highest BCUT2D eigenvalue weighted by Crippen LogP contribution is 2.42. The fraction of sp³-hybridized carbons (Fsp3) is 0.250. The van der Waals surface area contributed by atoms with Crippen LogP contribution in [0, 0.1) is 12.7 Å². The van der Waals surface area contributed by atoms with Gasteiger partial charge < -0.3 is 0 Å². The zero-order valence-corrected chi connectivity index (χ0v) is 15.2. The Morgan fingerprint density at radius 2 is 1.81 bits per heavy atom. The van der Waals surface area contributed by atoms with Gasteiger partial charge in [-0.1, -0.05) is 18.2 Å². The summed E-state index contributed by atoms with van der Waals surface area (Å²) in [5.74, 6) is -0.332. The van der Waals surface area contributed by atoms with Gasteiger partial charge in [-0.3, -0.25) is 4.98 Å². The molecule has 0 unspecified atom stereocenters. The molecular weight excluding hydrogens is 351 g/mol. The monoisotopic (exact) mass is 370 g/mol. The lowest BCUT2D eigenvalue weighted by Crippen LogP contribution is -2.50. The lowest BCUT2D eigenvalue weighted by Gasteiger charge is -2.42. The molecule has 1 fully saturated rings. The molecule has 1 aromatic heterocycles. The van der Waals surface area contributed by atoms with Crippen LogP contribution in [0.3, 0.4) is 0 Å². The van der Waals surface area contributed by atoms with Crippen LogP contribution in [0.2, 0.25) is 0 Å². The van der Waals surface area contributed by atoms with Crippen molar-refractivity contribution in [3.8, 4) is 0 Å². The summed E-state index contributed by atoms with van der Waals surface area (Å²) >= 11 is 0. The molecule has 1 heterocycles. The van der Waals surface area contributed by atoms with E-state index in [1.54, 1.807) is 42.6 Å². The standard InChI is InChI=1S/C20H19FN2O2S/c1-14-5-10-18(17-4-2-13-22-19(14)17)26(24,25)23-20(11-3-12-20)15-6-8-16(21)9-7-15/h2,4-10,13,23H,3,11-12H2,1H3. The zero-order valence-electron chi connectivity index (χ0n) is 14.4. The van der Waals surface area contributed by atoms with Gasteiger partial charge in [0.05, 0.1) is 16.0 Å². The van der Waals surface area contributed by atoms with Crippen LogP contribution in [0.4, 0.5) is 4.39 Å². The van der Waals surface area contributed by atoms with Gasteiger partial charge >= 0.3 is 0 Å². The second kappa shape index (κ2) is 6.14. The van der Waals surface area contributed by atoms with Crippen molar-refractivity contribution in [1.29, 1.82) is 0 Å². The molecule has 1 saturated carbocycles. The van der Waals surface area contributed by atoms with Gasteiger partial charge in [0.25, 0.3) is 0 Å². The summed E-state index contributed by atoms with van der Waals surface area (Å²) in [7, 11) is -3.76. The van der Waals surface area contributed by atoms with Gasteiger partial charge in [-0.25, -0.2) is 17.5 Å². The Labute approximate surface area is 152 Å². The molecule has 2 aromatic carbocycles. The van der Waals surface area contributed by atoms with Crippen molar-refractivity contribution in [3.05, 3.63) is 71.7 Å². The topological polar surface area (TPSA) is 59.1 Å². The Hall–Kier alpha value is -2.31. The van der Waals surface area contributed by atoms with Crippen LogP contribution in [0.1, 0.15) is 30.4 Å². The van der Waals surface area contributed by atoms with E-state index in [1.807, 2.05) is 6.92 Å². The molecule has 134 valence electrons.